The summed E-state index contributed by atoms with van der Waals surface area (Å²) >= 11 is 14.1. The van der Waals surface area contributed by atoms with Gasteiger partial charge in [-0.1, -0.05) is 78.2 Å². The largest absolute Gasteiger partial charge is 0.492 e. The van der Waals surface area contributed by atoms with E-state index in [1.54, 1.807) is 0 Å². The number of hydrogen-bond acceptors (Lipinski definition) is 6. The maximum atomic E-state index is 13.7. The molecule has 0 saturated heterocycles. The molecule has 0 aliphatic heterocycles. The summed E-state index contributed by atoms with van der Waals surface area (Å²) in [7, 11) is 0. The lowest BCUT2D eigenvalue weighted by Crippen LogP contribution is -2.38. The molecule has 3 aromatic rings. The highest BCUT2D eigenvalue weighted by molar-refractivity contribution is 6.35. The van der Waals surface area contributed by atoms with E-state index < -0.39 is 6.17 Å². The summed E-state index contributed by atoms with van der Waals surface area (Å²) in [5.74, 6) is 2.88. The molecule has 5 aliphatic rings. The number of ether oxygens (including phenoxy) is 3. The summed E-state index contributed by atoms with van der Waals surface area (Å²) in [4.78, 5) is 0. The van der Waals surface area contributed by atoms with E-state index in [0.717, 1.165) is 105 Å². The molecule has 0 aromatic heterocycles. The molecule has 9 heteroatoms. The maximum absolute atomic E-state index is 13.7. The Morgan fingerprint density at radius 3 is 2.57 bits per heavy atom. The Bertz CT molecular complexity index is 2120. The fraction of sp³-hybridized carbons (Fsp3) is 0.490. The Labute approximate surface area is 353 Å². The van der Waals surface area contributed by atoms with Gasteiger partial charge in [0.2, 0.25) is 0 Å². The van der Waals surface area contributed by atoms with Crippen LogP contribution in [0.5, 0.6) is 17.2 Å². The minimum Gasteiger partial charge on any atom is -0.492 e. The Balaban J connectivity index is 0.960. The van der Waals surface area contributed by atoms with Crippen LogP contribution in [0.1, 0.15) is 107 Å². The number of aliphatic hydroxyl groups excluding tert-OH is 1. The predicted octanol–water partition coefficient (Wildman–Crippen LogP) is 12.2. The zero-order valence-corrected chi connectivity index (χ0v) is 35.0. The summed E-state index contributed by atoms with van der Waals surface area (Å²) in [6.07, 6.45) is 17.0. The number of nitrogens with zero attached hydrogens (tertiary/aromatic N) is 1. The van der Waals surface area contributed by atoms with E-state index in [9.17, 15) is 14.8 Å². The van der Waals surface area contributed by atoms with Crippen molar-refractivity contribution < 1.29 is 23.7 Å². The Morgan fingerprint density at radius 2 is 1.79 bits per heavy atom. The van der Waals surface area contributed by atoms with Crippen molar-refractivity contribution >= 4 is 23.2 Å². The highest BCUT2D eigenvalue weighted by Gasteiger charge is 2.54. The van der Waals surface area contributed by atoms with Crippen LogP contribution in [0.15, 0.2) is 83.5 Å². The van der Waals surface area contributed by atoms with E-state index in [1.165, 1.54) is 17.6 Å². The van der Waals surface area contributed by atoms with Crippen LogP contribution in [0.4, 0.5) is 4.39 Å². The van der Waals surface area contributed by atoms with Gasteiger partial charge >= 0.3 is 0 Å². The maximum Gasteiger partial charge on any atom is 0.142 e. The number of allylic oxidation sites excluding steroid dienone is 4. The van der Waals surface area contributed by atoms with E-state index in [4.69, 9.17) is 37.4 Å². The van der Waals surface area contributed by atoms with Crippen LogP contribution < -0.4 is 19.5 Å². The van der Waals surface area contributed by atoms with Crippen LogP contribution >= 0.6 is 23.2 Å². The molecule has 0 radical (unpaired) electrons. The molecule has 3 aromatic carbocycles. The number of aliphatic hydroxyl groups is 1. The normalized spacial score (nSPS) is 26.1. The van der Waals surface area contributed by atoms with Gasteiger partial charge in [-0.05, 0) is 141 Å². The highest BCUT2D eigenvalue weighted by Crippen LogP contribution is 2.63. The second kappa shape index (κ2) is 18.2. The first-order valence-electron chi connectivity index (χ1n) is 21.4. The average molecular weight is 826 g/mol. The molecular weight excluding hydrogens is 770 g/mol. The van der Waals surface area contributed by atoms with Crippen molar-refractivity contribution in [2.45, 2.75) is 115 Å². The zero-order chi connectivity index (χ0) is 40.2. The van der Waals surface area contributed by atoms with Gasteiger partial charge in [-0.15, -0.1) is 0 Å². The molecule has 8 rings (SSSR count). The van der Waals surface area contributed by atoms with Crippen LogP contribution in [0.2, 0.25) is 10.0 Å². The second-order valence-electron chi connectivity index (χ2n) is 17.1. The van der Waals surface area contributed by atoms with Gasteiger partial charge in [-0.2, -0.15) is 5.26 Å². The van der Waals surface area contributed by atoms with Gasteiger partial charge in [-0.3, -0.25) is 0 Å². The third kappa shape index (κ3) is 9.16. The van der Waals surface area contributed by atoms with Crippen LogP contribution in [0.25, 0.3) is 11.1 Å². The molecule has 0 heterocycles. The van der Waals surface area contributed by atoms with Crippen molar-refractivity contribution in [1.29, 1.82) is 5.26 Å². The van der Waals surface area contributed by atoms with Gasteiger partial charge in [0.25, 0.3) is 0 Å². The molecule has 2 N–H and O–H groups in total. The molecule has 6 nitrogen and oxygen atoms in total. The van der Waals surface area contributed by atoms with Gasteiger partial charge < -0.3 is 24.6 Å². The van der Waals surface area contributed by atoms with Gasteiger partial charge in [-0.25, -0.2) is 4.39 Å². The molecule has 1 spiro atoms. The van der Waals surface area contributed by atoms with Crippen molar-refractivity contribution in [3.05, 3.63) is 110 Å². The molecule has 5 aliphatic carbocycles. The predicted molar refractivity (Wildman–Crippen MR) is 229 cm³/mol. The standard InChI is InChI=1S/C49H55Cl2FN2O4/c1-2-31-11-12-32(27-53)23-33(22-31)30-57-46-25-47(42(50)24-35(46)29-54-28-34-13-15-43(34)55)58-44-16-14-39-38(7-3-8-40(39)44)41-9-4-10-45(48(41)51)56-21-5-6-36-26-49(36)19-17-37(52)18-20-49/h3-4,7-10,12,22-25,34,36-37,43-44,54-55H,2,5-6,11,13-21,26,28-30H2,1H3/t34-,36?,37?,43+,44-,49?/m0/s1. The lowest BCUT2D eigenvalue weighted by atomic mass is 9.82. The first-order valence-corrected chi connectivity index (χ1v) is 22.2. The molecular formula is C49H55Cl2FN2O4. The average Bonchev–Trinajstić information content (AvgIpc) is 3.82. The SMILES string of the molecule is CCC1=CC(COc2cc(O[C@H]3CCc4c(-c5cccc(OCCCC6CC67CCC(F)CC7)c5Cl)cccc43)c(Cl)cc2CNC[C@@H]2CC[C@H]2O)=CC(C#N)=CC1. The van der Waals surface area contributed by atoms with E-state index >= 15 is 0 Å². The van der Waals surface area contributed by atoms with Crippen molar-refractivity contribution in [2.24, 2.45) is 17.3 Å². The van der Waals surface area contributed by atoms with Gasteiger partial charge in [0, 0.05) is 35.9 Å². The zero-order valence-electron chi connectivity index (χ0n) is 33.5. The Hall–Kier alpha value is -3.80. The first-order chi connectivity index (χ1) is 28.2. The van der Waals surface area contributed by atoms with Crippen LogP contribution in [0, 0.1) is 28.6 Å². The Morgan fingerprint density at radius 1 is 0.966 bits per heavy atom. The van der Waals surface area contributed by atoms with Crippen molar-refractivity contribution in [3.63, 3.8) is 0 Å². The monoisotopic (exact) mass is 824 g/mol. The lowest BCUT2D eigenvalue weighted by Gasteiger charge is -2.32. The number of halogens is 3. The molecule has 0 bridgehead atoms. The minimum atomic E-state index is -0.601. The lowest BCUT2D eigenvalue weighted by molar-refractivity contribution is 0.0243. The van der Waals surface area contributed by atoms with Crippen molar-refractivity contribution in [3.8, 4) is 34.4 Å². The molecule has 58 heavy (non-hydrogen) atoms. The number of nitrogens with one attached hydrogen (secondary N) is 1. The molecule has 0 amide bonds. The number of fused-ring (bicyclic) bond motifs is 1. The first kappa shape index (κ1) is 41.0. The highest BCUT2D eigenvalue weighted by atomic mass is 35.5. The summed E-state index contributed by atoms with van der Waals surface area (Å²) < 4.78 is 33.3. The van der Waals surface area contributed by atoms with Crippen LogP contribution in [-0.2, 0) is 13.0 Å². The fourth-order valence-corrected chi connectivity index (χ4v) is 10.2. The van der Waals surface area contributed by atoms with Crippen molar-refractivity contribution in [2.75, 3.05) is 19.8 Å². The molecule has 3 fully saturated rings. The summed E-state index contributed by atoms with van der Waals surface area (Å²) in [5, 5.41) is 24.4. The minimum absolute atomic E-state index is 0.212. The van der Waals surface area contributed by atoms with E-state index in [-0.39, 0.29) is 18.1 Å². The quantitative estimate of drug-likeness (QED) is 0.140. The van der Waals surface area contributed by atoms with E-state index in [2.05, 4.69) is 48.7 Å². The topological polar surface area (TPSA) is 83.7 Å². The smallest absolute Gasteiger partial charge is 0.142 e. The van der Waals surface area contributed by atoms with E-state index in [1.807, 2.05) is 36.4 Å². The summed E-state index contributed by atoms with van der Waals surface area (Å²) in [6.45, 7) is 4.27. The molecule has 4 atom stereocenters. The molecule has 1 unspecified atom stereocenters. The van der Waals surface area contributed by atoms with Gasteiger partial charge in [0.05, 0.1) is 28.8 Å². The second-order valence-corrected chi connectivity index (χ2v) is 17.9. The third-order valence-corrected chi connectivity index (χ3v) is 14.2. The Kier molecular flexibility index (Phi) is 12.9. The van der Waals surface area contributed by atoms with Crippen LogP contribution in [-0.4, -0.2) is 37.1 Å². The number of rotatable bonds is 16. The third-order valence-electron chi connectivity index (χ3n) is 13.5. The summed E-state index contributed by atoms with van der Waals surface area (Å²) in [5.41, 5.74) is 8.47. The number of hydrogen-bond donors (Lipinski definition) is 2. The summed E-state index contributed by atoms with van der Waals surface area (Å²) in [6, 6.07) is 18.5. The number of benzene rings is 3. The van der Waals surface area contributed by atoms with E-state index in [0.29, 0.717) is 70.5 Å². The van der Waals surface area contributed by atoms with Crippen LogP contribution in [0.3, 0.4) is 0 Å². The number of alkyl halides is 1. The molecule has 3 saturated carbocycles. The number of nitriles is 1. The van der Waals surface area contributed by atoms with Crippen molar-refractivity contribution in [1.82, 2.24) is 5.32 Å². The fourth-order valence-electron chi connectivity index (χ4n) is 9.65. The molecule has 306 valence electrons. The van der Waals surface area contributed by atoms with Gasteiger partial charge in [0.1, 0.15) is 36.1 Å². The van der Waals surface area contributed by atoms with Gasteiger partial charge in [0.15, 0.2) is 0 Å².